The van der Waals surface area contributed by atoms with Crippen molar-refractivity contribution in [1.82, 2.24) is 19.9 Å². The van der Waals surface area contributed by atoms with Crippen molar-refractivity contribution < 1.29 is 0 Å². The Hall–Kier alpha value is -7.70. The van der Waals surface area contributed by atoms with Crippen LogP contribution in [0.15, 0.2) is 182 Å². The monoisotopic (exact) mass is 804 g/mol. The van der Waals surface area contributed by atoms with Crippen molar-refractivity contribution in [2.75, 3.05) is 9.80 Å². The Bertz CT molecular complexity index is 2660. The lowest BCUT2D eigenvalue weighted by atomic mass is 9.98. The molecule has 6 heteroatoms. The minimum Gasteiger partial charge on any atom is -0.309 e. The Morgan fingerprint density at radius 2 is 0.613 bits per heavy atom. The van der Waals surface area contributed by atoms with Crippen molar-refractivity contribution in [1.29, 1.82) is 0 Å². The summed E-state index contributed by atoms with van der Waals surface area (Å²) in [5.41, 5.74) is 17.1. The molecule has 9 aromatic rings. The molecular formula is C56H48N6. The lowest BCUT2D eigenvalue weighted by molar-refractivity contribution is 1.07. The van der Waals surface area contributed by atoms with Gasteiger partial charge in [0.25, 0.3) is 0 Å². The molecule has 0 saturated carbocycles. The zero-order chi connectivity index (χ0) is 42.7. The highest BCUT2D eigenvalue weighted by Gasteiger charge is 2.25. The van der Waals surface area contributed by atoms with Crippen LogP contribution in [0.2, 0.25) is 0 Å². The average Bonchev–Trinajstić information content (AvgIpc) is 3.29. The first-order valence-corrected chi connectivity index (χ1v) is 21.1. The van der Waals surface area contributed by atoms with Gasteiger partial charge in [-0.3, -0.25) is 4.90 Å². The number of nitrogens with zero attached hydrogens (tertiary/aromatic N) is 6. The molecule has 0 unspecified atom stereocenters. The van der Waals surface area contributed by atoms with Gasteiger partial charge in [0.05, 0.1) is 22.8 Å². The number of hydrogen-bond acceptors (Lipinski definition) is 6. The van der Waals surface area contributed by atoms with Gasteiger partial charge in [0.1, 0.15) is 11.6 Å². The molecule has 9 rings (SSSR count). The Labute approximate surface area is 364 Å². The van der Waals surface area contributed by atoms with Crippen molar-refractivity contribution in [3.8, 4) is 45.3 Å². The molecule has 2 aromatic heterocycles. The summed E-state index contributed by atoms with van der Waals surface area (Å²) in [6.45, 7) is 13.2. The Kier molecular flexibility index (Phi) is 11.0. The number of hydrogen-bond donors (Lipinski definition) is 0. The van der Waals surface area contributed by atoms with Gasteiger partial charge in [-0.1, -0.05) is 157 Å². The zero-order valence-corrected chi connectivity index (χ0v) is 36.0. The molecule has 0 N–H and O–H groups in total. The smallest absolute Gasteiger partial charge is 0.162 e. The molecule has 0 amide bonds. The third-order valence-electron chi connectivity index (χ3n) is 11.2. The van der Waals surface area contributed by atoms with Gasteiger partial charge in [-0.15, -0.1) is 0 Å². The number of anilines is 6. The summed E-state index contributed by atoms with van der Waals surface area (Å²) < 4.78 is 0. The molecule has 0 radical (unpaired) electrons. The molecule has 0 aliphatic carbocycles. The molecule has 2 heterocycles. The van der Waals surface area contributed by atoms with Crippen LogP contribution < -0.4 is 9.80 Å². The van der Waals surface area contributed by atoms with Crippen LogP contribution in [0.3, 0.4) is 0 Å². The third-order valence-corrected chi connectivity index (χ3v) is 11.2. The lowest BCUT2D eigenvalue weighted by Gasteiger charge is -2.32. The van der Waals surface area contributed by atoms with Crippen LogP contribution in [-0.4, -0.2) is 19.9 Å². The Morgan fingerprint density at radius 1 is 0.306 bits per heavy atom. The predicted molar refractivity (Wildman–Crippen MR) is 257 cm³/mol. The van der Waals surface area contributed by atoms with Crippen molar-refractivity contribution >= 4 is 34.4 Å². The highest BCUT2D eigenvalue weighted by molar-refractivity contribution is 5.86. The summed E-state index contributed by atoms with van der Waals surface area (Å²) in [5.74, 6) is 2.58. The summed E-state index contributed by atoms with van der Waals surface area (Å²) in [4.78, 5) is 25.6. The summed E-state index contributed by atoms with van der Waals surface area (Å²) in [6.07, 6.45) is 0. The molecule has 0 saturated heterocycles. The zero-order valence-electron chi connectivity index (χ0n) is 36.0. The van der Waals surface area contributed by atoms with E-state index in [9.17, 15) is 0 Å². The number of aromatic nitrogens is 4. The average molecular weight is 805 g/mol. The summed E-state index contributed by atoms with van der Waals surface area (Å²) in [5, 5.41) is 0. The van der Waals surface area contributed by atoms with E-state index in [2.05, 4.69) is 161 Å². The minimum atomic E-state index is 0.617. The van der Waals surface area contributed by atoms with Gasteiger partial charge < -0.3 is 4.90 Å². The van der Waals surface area contributed by atoms with E-state index in [4.69, 9.17) is 19.9 Å². The van der Waals surface area contributed by atoms with E-state index < -0.39 is 0 Å². The normalized spacial score (nSPS) is 11.1. The number of rotatable bonds is 10. The molecule has 0 spiro atoms. The first-order chi connectivity index (χ1) is 30.2. The second-order valence-corrected chi connectivity index (χ2v) is 16.0. The number of aryl methyl sites for hydroxylation is 6. The van der Waals surface area contributed by atoms with Crippen LogP contribution in [0.5, 0.6) is 0 Å². The molecule has 0 aliphatic rings. The highest BCUT2D eigenvalue weighted by atomic mass is 15.3. The second kappa shape index (κ2) is 17.1. The highest BCUT2D eigenvalue weighted by Crippen LogP contribution is 2.44. The maximum absolute atomic E-state index is 5.35. The summed E-state index contributed by atoms with van der Waals surface area (Å²) in [7, 11) is 0. The molecule has 0 atom stereocenters. The summed E-state index contributed by atoms with van der Waals surface area (Å²) in [6, 6.07) is 62.9. The van der Waals surface area contributed by atoms with Gasteiger partial charge >= 0.3 is 0 Å². The fourth-order valence-electron chi connectivity index (χ4n) is 8.60. The Morgan fingerprint density at radius 3 is 0.952 bits per heavy atom. The van der Waals surface area contributed by atoms with Crippen LogP contribution in [0.25, 0.3) is 45.3 Å². The van der Waals surface area contributed by atoms with Crippen LogP contribution in [-0.2, 0) is 0 Å². The molecule has 7 aromatic carbocycles. The van der Waals surface area contributed by atoms with Gasteiger partial charge in [0, 0.05) is 45.8 Å². The first kappa shape index (κ1) is 39.7. The fourth-order valence-corrected chi connectivity index (χ4v) is 8.60. The quantitative estimate of drug-likeness (QED) is 0.137. The standard InChI is InChI=1S/C56H48N6/c1-37-31-39(3)53(40(4)32-37)62(54-41(5)33-38(2)34-42(54)6)48-29-27-47(28-30-48)61(51-35-49(43-19-11-7-12-20-43)57-55(59-51)45-23-15-9-16-24-45)52-36-50(44-21-13-8-14-22-44)58-56(60-52)46-25-17-10-18-26-46/h7-36H,1-6H3. The predicted octanol–water partition coefficient (Wildman–Crippen LogP) is 14.7. The Balaban J connectivity index is 1.30. The van der Waals surface area contributed by atoms with Crippen LogP contribution >= 0.6 is 0 Å². The van der Waals surface area contributed by atoms with Crippen molar-refractivity contribution in [2.24, 2.45) is 0 Å². The maximum Gasteiger partial charge on any atom is 0.162 e. The summed E-state index contributed by atoms with van der Waals surface area (Å²) >= 11 is 0. The van der Waals surface area contributed by atoms with Gasteiger partial charge in [0.2, 0.25) is 0 Å². The second-order valence-electron chi connectivity index (χ2n) is 16.0. The lowest BCUT2D eigenvalue weighted by Crippen LogP contribution is -2.17. The van der Waals surface area contributed by atoms with Crippen molar-refractivity contribution in [3.05, 3.63) is 215 Å². The number of benzene rings is 7. The largest absolute Gasteiger partial charge is 0.309 e. The van der Waals surface area contributed by atoms with Crippen molar-refractivity contribution in [3.63, 3.8) is 0 Å². The van der Waals surface area contributed by atoms with E-state index >= 15 is 0 Å². The first-order valence-electron chi connectivity index (χ1n) is 21.1. The molecule has 6 nitrogen and oxygen atoms in total. The minimum absolute atomic E-state index is 0.617. The van der Waals surface area contributed by atoms with Crippen LogP contribution in [0.1, 0.15) is 33.4 Å². The van der Waals surface area contributed by atoms with Gasteiger partial charge in [-0.05, 0) is 88.1 Å². The molecule has 62 heavy (non-hydrogen) atoms. The van der Waals surface area contributed by atoms with Crippen molar-refractivity contribution in [2.45, 2.75) is 41.5 Å². The van der Waals surface area contributed by atoms with E-state index in [1.165, 1.54) is 44.8 Å². The van der Waals surface area contributed by atoms with E-state index in [0.29, 0.717) is 23.3 Å². The SMILES string of the molecule is Cc1cc(C)c(N(c2ccc(N(c3cc(-c4ccccc4)nc(-c4ccccc4)n3)c3cc(-c4ccccc4)nc(-c4ccccc4)n3)cc2)c2c(C)cc(C)cc2C)c(C)c1. The van der Waals surface area contributed by atoms with Crippen LogP contribution in [0, 0.1) is 41.5 Å². The van der Waals surface area contributed by atoms with E-state index in [0.717, 1.165) is 45.0 Å². The maximum atomic E-state index is 5.35. The van der Waals surface area contributed by atoms with E-state index in [-0.39, 0.29) is 0 Å². The van der Waals surface area contributed by atoms with E-state index in [1.54, 1.807) is 0 Å². The van der Waals surface area contributed by atoms with Gasteiger partial charge in [0.15, 0.2) is 11.6 Å². The topological polar surface area (TPSA) is 58.0 Å². The molecule has 302 valence electrons. The van der Waals surface area contributed by atoms with Gasteiger partial charge in [-0.25, -0.2) is 19.9 Å². The van der Waals surface area contributed by atoms with Crippen LogP contribution in [0.4, 0.5) is 34.4 Å². The molecule has 0 bridgehead atoms. The van der Waals surface area contributed by atoms with E-state index in [1.807, 2.05) is 72.8 Å². The molecular weight excluding hydrogens is 757 g/mol. The fraction of sp³-hybridized carbons (Fsp3) is 0.107. The third kappa shape index (κ3) is 8.11. The van der Waals surface area contributed by atoms with Gasteiger partial charge in [-0.2, -0.15) is 0 Å². The molecule has 0 fully saturated rings. The molecule has 0 aliphatic heterocycles.